The van der Waals surface area contributed by atoms with Crippen molar-refractivity contribution < 1.29 is 14.6 Å². The zero-order chi connectivity index (χ0) is 12.1. The SMILES string of the molecule is CCc1c(OC)ccc(OC)c1C(O)CN. The van der Waals surface area contributed by atoms with Crippen molar-refractivity contribution in [3.63, 3.8) is 0 Å². The van der Waals surface area contributed by atoms with Crippen molar-refractivity contribution in [3.05, 3.63) is 23.3 Å². The van der Waals surface area contributed by atoms with E-state index in [2.05, 4.69) is 0 Å². The predicted octanol–water partition coefficient (Wildman–Crippen LogP) is 1.26. The molecular formula is C12H19NO3. The van der Waals surface area contributed by atoms with Crippen LogP contribution in [-0.2, 0) is 6.42 Å². The van der Waals surface area contributed by atoms with E-state index in [1.165, 1.54) is 0 Å². The number of hydrogen-bond donors (Lipinski definition) is 2. The summed E-state index contributed by atoms with van der Waals surface area (Å²) < 4.78 is 10.5. The molecule has 0 heterocycles. The van der Waals surface area contributed by atoms with Gasteiger partial charge >= 0.3 is 0 Å². The first-order valence-electron chi connectivity index (χ1n) is 5.31. The van der Waals surface area contributed by atoms with Gasteiger partial charge in [0.05, 0.1) is 20.3 Å². The lowest BCUT2D eigenvalue weighted by atomic mass is 9.98. The van der Waals surface area contributed by atoms with Crippen LogP contribution in [0.25, 0.3) is 0 Å². The average Bonchev–Trinajstić information content (AvgIpc) is 2.35. The van der Waals surface area contributed by atoms with E-state index in [1.54, 1.807) is 20.3 Å². The number of methoxy groups -OCH3 is 2. The van der Waals surface area contributed by atoms with Crippen LogP contribution < -0.4 is 15.2 Å². The number of benzene rings is 1. The van der Waals surface area contributed by atoms with Crippen molar-refractivity contribution in [1.29, 1.82) is 0 Å². The highest BCUT2D eigenvalue weighted by molar-refractivity contribution is 5.50. The lowest BCUT2D eigenvalue weighted by Crippen LogP contribution is -2.15. The third-order valence-corrected chi connectivity index (χ3v) is 2.62. The number of aliphatic hydroxyl groups excluding tert-OH is 1. The topological polar surface area (TPSA) is 64.7 Å². The summed E-state index contributed by atoms with van der Waals surface area (Å²) in [4.78, 5) is 0. The molecule has 0 aliphatic carbocycles. The number of rotatable bonds is 5. The fraction of sp³-hybridized carbons (Fsp3) is 0.500. The monoisotopic (exact) mass is 225 g/mol. The summed E-state index contributed by atoms with van der Waals surface area (Å²) >= 11 is 0. The Balaban J connectivity index is 3.36. The molecule has 1 aromatic rings. The zero-order valence-electron chi connectivity index (χ0n) is 9.99. The molecule has 16 heavy (non-hydrogen) atoms. The fourth-order valence-corrected chi connectivity index (χ4v) is 1.84. The second-order valence-corrected chi connectivity index (χ2v) is 3.47. The van der Waals surface area contributed by atoms with E-state index >= 15 is 0 Å². The van der Waals surface area contributed by atoms with Gasteiger partial charge in [0, 0.05) is 17.7 Å². The van der Waals surface area contributed by atoms with Gasteiger partial charge in [0.2, 0.25) is 0 Å². The minimum Gasteiger partial charge on any atom is -0.496 e. The molecule has 0 saturated carbocycles. The second kappa shape index (κ2) is 5.72. The predicted molar refractivity (Wildman–Crippen MR) is 62.9 cm³/mol. The molecule has 1 aromatic carbocycles. The van der Waals surface area contributed by atoms with E-state index in [-0.39, 0.29) is 6.54 Å². The van der Waals surface area contributed by atoms with Crippen molar-refractivity contribution in [2.75, 3.05) is 20.8 Å². The molecule has 0 saturated heterocycles. The lowest BCUT2D eigenvalue weighted by molar-refractivity contribution is 0.180. The third kappa shape index (κ3) is 2.28. The Morgan fingerprint density at radius 2 is 1.81 bits per heavy atom. The van der Waals surface area contributed by atoms with Crippen LogP contribution in [-0.4, -0.2) is 25.9 Å². The molecule has 0 radical (unpaired) electrons. The Hall–Kier alpha value is -1.26. The van der Waals surface area contributed by atoms with Crippen molar-refractivity contribution >= 4 is 0 Å². The van der Waals surface area contributed by atoms with E-state index in [9.17, 15) is 5.11 Å². The number of nitrogens with two attached hydrogens (primary N) is 1. The highest BCUT2D eigenvalue weighted by atomic mass is 16.5. The fourth-order valence-electron chi connectivity index (χ4n) is 1.84. The molecule has 4 nitrogen and oxygen atoms in total. The van der Waals surface area contributed by atoms with E-state index < -0.39 is 6.10 Å². The van der Waals surface area contributed by atoms with Crippen LogP contribution in [0.1, 0.15) is 24.2 Å². The Labute approximate surface area is 96.0 Å². The lowest BCUT2D eigenvalue weighted by Gasteiger charge is -2.19. The molecule has 4 heteroatoms. The first kappa shape index (κ1) is 12.8. The quantitative estimate of drug-likeness (QED) is 0.791. The van der Waals surface area contributed by atoms with E-state index in [1.807, 2.05) is 13.0 Å². The van der Waals surface area contributed by atoms with E-state index in [4.69, 9.17) is 15.2 Å². The van der Waals surface area contributed by atoms with Crippen LogP contribution in [0.5, 0.6) is 11.5 Å². The molecule has 0 aliphatic rings. The van der Waals surface area contributed by atoms with Gasteiger partial charge < -0.3 is 20.3 Å². The Morgan fingerprint density at radius 1 is 1.25 bits per heavy atom. The summed E-state index contributed by atoms with van der Waals surface area (Å²) in [5.41, 5.74) is 7.17. The molecule has 90 valence electrons. The van der Waals surface area contributed by atoms with E-state index in [0.717, 1.165) is 23.3 Å². The van der Waals surface area contributed by atoms with Crippen LogP contribution in [0.2, 0.25) is 0 Å². The summed E-state index contributed by atoms with van der Waals surface area (Å²) in [6.45, 7) is 2.17. The van der Waals surface area contributed by atoms with Crippen molar-refractivity contribution in [3.8, 4) is 11.5 Å². The van der Waals surface area contributed by atoms with Crippen molar-refractivity contribution in [1.82, 2.24) is 0 Å². The number of hydrogen-bond acceptors (Lipinski definition) is 4. The van der Waals surface area contributed by atoms with E-state index in [0.29, 0.717) is 5.75 Å². The van der Waals surface area contributed by atoms with Gasteiger partial charge in [0.25, 0.3) is 0 Å². The molecule has 0 spiro atoms. The smallest absolute Gasteiger partial charge is 0.125 e. The largest absolute Gasteiger partial charge is 0.496 e. The van der Waals surface area contributed by atoms with Crippen LogP contribution in [0.15, 0.2) is 12.1 Å². The van der Waals surface area contributed by atoms with Crippen LogP contribution in [0.3, 0.4) is 0 Å². The summed E-state index contributed by atoms with van der Waals surface area (Å²) in [6, 6.07) is 3.62. The van der Waals surface area contributed by atoms with Crippen molar-refractivity contribution in [2.24, 2.45) is 5.73 Å². The van der Waals surface area contributed by atoms with Gasteiger partial charge in [-0.3, -0.25) is 0 Å². The maximum atomic E-state index is 9.91. The highest BCUT2D eigenvalue weighted by Crippen LogP contribution is 2.34. The Bertz CT molecular complexity index is 352. The van der Waals surface area contributed by atoms with Gasteiger partial charge in [-0.25, -0.2) is 0 Å². The van der Waals surface area contributed by atoms with Gasteiger partial charge in [-0.1, -0.05) is 6.92 Å². The van der Waals surface area contributed by atoms with Crippen molar-refractivity contribution in [2.45, 2.75) is 19.4 Å². The average molecular weight is 225 g/mol. The normalized spacial score (nSPS) is 12.3. The summed E-state index contributed by atoms with van der Waals surface area (Å²) in [7, 11) is 3.19. The van der Waals surface area contributed by atoms with Gasteiger partial charge in [0.1, 0.15) is 11.5 Å². The molecule has 1 atom stereocenters. The first-order chi connectivity index (χ1) is 7.69. The molecule has 0 aliphatic heterocycles. The van der Waals surface area contributed by atoms with Gasteiger partial charge in [0.15, 0.2) is 0 Å². The molecule has 3 N–H and O–H groups in total. The molecule has 0 amide bonds. The van der Waals surface area contributed by atoms with Gasteiger partial charge in [-0.2, -0.15) is 0 Å². The van der Waals surface area contributed by atoms with Crippen LogP contribution >= 0.6 is 0 Å². The molecule has 0 fully saturated rings. The highest BCUT2D eigenvalue weighted by Gasteiger charge is 2.19. The molecule has 0 aromatic heterocycles. The molecule has 1 rings (SSSR count). The zero-order valence-corrected chi connectivity index (χ0v) is 9.99. The Morgan fingerprint density at radius 3 is 2.25 bits per heavy atom. The standard InChI is InChI=1S/C12H19NO3/c1-4-8-10(15-2)5-6-11(16-3)12(8)9(14)7-13/h5-6,9,14H,4,7,13H2,1-3H3. The summed E-state index contributed by atoms with van der Waals surface area (Å²) in [5, 5.41) is 9.91. The molecule has 0 bridgehead atoms. The first-order valence-corrected chi connectivity index (χ1v) is 5.31. The maximum absolute atomic E-state index is 9.91. The summed E-state index contributed by atoms with van der Waals surface area (Å²) in [5.74, 6) is 1.40. The summed E-state index contributed by atoms with van der Waals surface area (Å²) in [6.07, 6.45) is 0.0345. The third-order valence-electron chi connectivity index (χ3n) is 2.62. The van der Waals surface area contributed by atoms with Crippen LogP contribution in [0, 0.1) is 0 Å². The minimum absolute atomic E-state index is 0.163. The van der Waals surface area contributed by atoms with Gasteiger partial charge in [-0.05, 0) is 18.6 Å². The van der Waals surface area contributed by atoms with Crippen LogP contribution in [0.4, 0.5) is 0 Å². The molecular weight excluding hydrogens is 206 g/mol. The number of aliphatic hydroxyl groups is 1. The Kier molecular flexibility index (Phi) is 4.58. The molecule has 1 unspecified atom stereocenters. The second-order valence-electron chi connectivity index (χ2n) is 3.47. The van der Waals surface area contributed by atoms with Gasteiger partial charge in [-0.15, -0.1) is 0 Å². The number of ether oxygens (including phenoxy) is 2. The maximum Gasteiger partial charge on any atom is 0.125 e. The minimum atomic E-state index is -0.722.